The Kier molecular flexibility index (Phi) is 4.32. The highest BCUT2D eigenvalue weighted by Crippen LogP contribution is 2.18. The quantitative estimate of drug-likeness (QED) is 0.703. The van der Waals surface area contributed by atoms with Crippen molar-refractivity contribution in [1.29, 1.82) is 0 Å². The van der Waals surface area contributed by atoms with E-state index in [1.807, 2.05) is 13.8 Å². The third-order valence-corrected chi connectivity index (χ3v) is 4.74. The smallest absolute Gasteiger partial charge is 0.224 e. The zero-order valence-electron chi connectivity index (χ0n) is 9.77. The van der Waals surface area contributed by atoms with Crippen LogP contribution in [0, 0.1) is 11.8 Å². The summed E-state index contributed by atoms with van der Waals surface area (Å²) in [5.74, 6) is -0.161. The number of nitrogens with one attached hydrogen (secondary N) is 1. The topological polar surface area (TPSA) is 89.3 Å². The van der Waals surface area contributed by atoms with E-state index in [2.05, 4.69) is 5.32 Å². The summed E-state index contributed by atoms with van der Waals surface area (Å²) in [6.45, 7) is 4.38. The van der Waals surface area contributed by atoms with Gasteiger partial charge in [0.25, 0.3) is 0 Å². The standard InChI is InChI=1S/C10H20N2O3S/c1-7(2)9(11)5-12-10(13)8-3-4-16(14,15)6-8/h7-9H,3-6,11H2,1-2H3,(H,12,13). The van der Waals surface area contributed by atoms with E-state index in [1.165, 1.54) is 0 Å². The number of rotatable bonds is 4. The van der Waals surface area contributed by atoms with Crippen LogP contribution in [0.3, 0.4) is 0 Å². The lowest BCUT2D eigenvalue weighted by atomic mass is 10.0. The van der Waals surface area contributed by atoms with Crippen molar-refractivity contribution < 1.29 is 13.2 Å². The molecule has 0 spiro atoms. The van der Waals surface area contributed by atoms with Crippen molar-refractivity contribution in [3.63, 3.8) is 0 Å². The highest BCUT2D eigenvalue weighted by molar-refractivity contribution is 7.91. The van der Waals surface area contributed by atoms with Crippen molar-refractivity contribution in [2.45, 2.75) is 26.3 Å². The molecule has 5 nitrogen and oxygen atoms in total. The molecule has 0 radical (unpaired) electrons. The van der Waals surface area contributed by atoms with Gasteiger partial charge in [0.1, 0.15) is 0 Å². The molecule has 2 atom stereocenters. The molecule has 0 aromatic rings. The van der Waals surface area contributed by atoms with Crippen molar-refractivity contribution in [2.75, 3.05) is 18.1 Å². The molecule has 0 aliphatic carbocycles. The number of hydrogen-bond acceptors (Lipinski definition) is 4. The molecule has 94 valence electrons. The van der Waals surface area contributed by atoms with Crippen molar-refractivity contribution in [3.05, 3.63) is 0 Å². The molecule has 0 aromatic heterocycles. The van der Waals surface area contributed by atoms with Gasteiger partial charge in [0.05, 0.1) is 17.4 Å². The molecule has 6 heteroatoms. The van der Waals surface area contributed by atoms with Gasteiger partial charge in [-0.05, 0) is 12.3 Å². The Morgan fingerprint density at radius 1 is 1.50 bits per heavy atom. The third-order valence-electron chi connectivity index (χ3n) is 2.97. The van der Waals surface area contributed by atoms with E-state index in [0.29, 0.717) is 18.9 Å². The molecule has 1 saturated heterocycles. The number of hydrogen-bond donors (Lipinski definition) is 2. The maximum absolute atomic E-state index is 11.6. The van der Waals surface area contributed by atoms with E-state index in [4.69, 9.17) is 5.73 Å². The summed E-state index contributed by atoms with van der Waals surface area (Å²) in [5, 5.41) is 2.72. The van der Waals surface area contributed by atoms with Crippen molar-refractivity contribution >= 4 is 15.7 Å². The van der Waals surface area contributed by atoms with E-state index in [9.17, 15) is 13.2 Å². The van der Waals surface area contributed by atoms with E-state index in [0.717, 1.165) is 0 Å². The molecule has 1 fully saturated rings. The lowest BCUT2D eigenvalue weighted by molar-refractivity contribution is -0.124. The summed E-state index contributed by atoms with van der Waals surface area (Å²) >= 11 is 0. The summed E-state index contributed by atoms with van der Waals surface area (Å²) < 4.78 is 22.4. The Hall–Kier alpha value is -0.620. The zero-order valence-corrected chi connectivity index (χ0v) is 10.6. The Morgan fingerprint density at radius 2 is 2.12 bits per heavy atom. The van der Waals surface area contributed by atoms with Crippen molar-refractivity contribution in [3.8, 4) is 0 Å². The summed E-state index contributed by atoms with van der Waals surface area (Å²) in [7, 11) is -2.99. The van der Waals surface area contributed by atoms with Crippen LogP contribution in [-0.4, -0.2) is 38.4 Å². The van der Waals surface area contributed by atoms with Gasteiger partial charge in [-0.2, -0.15) is 0 Å². The number of carbonyl (C=O) groups excluding carboxylic acids is 1. The largest absolute Gasteiger partial charge is 0.354 e. The molecule has 0 aromatic carbocycles. The van der Waals surface area contributed by atoms with Crippen LogP contribution in [0.5, 0.6) is 0 Å². The predicted molar refractivity (Wildman–Crippen MR) is 62.6 cm³/mol. The second kappa shape index (κ2) is 5.14. The molecule has 16 heavy (non-hydrogen) atoms. The van der Waals surface area contributed by atoms with Crippen LogP contribution in [0.4, 0.5) is 0 Å². The van der Waals surface area contributed by atoms with Crippen LogP contribution in [0.1, 0.15) is 20.3 Å². The Balaban J connectivity index is 2.37. The van der Waals surface area contributed by atoms with Crippen LogP contribution in [0.2, 0.25) is 0 Å². The highest BCUT2D eigenvalue weighted by Gasteiger charge is 2.32. The molecule has 1 rings (SSSR count). The van der Waals surface area contributed by atoms with Gasteiger partial charge >= 0.3 is 0 Å². The first-order valence-electron chi connectivity index (χ1n) is 5.55. The molecular formula is C10H20N2O3S. The lowest BCUT2D eigenvalue weighted by Gasteiger charge is -2.17. The fraction of sp³-hybridized carbons (Fsp3) is 0.900. The summed E-state index contributed by atoms with van der Waals surface area (Å²) in [4.78, 5) is 11.6. The highest BCUT2D eigenvalue weighted by atomic mass is 32.2. The van der Waals surface area contributed by atoms with Gasteiger partial charge in [0.2, 0.25) is 5.91 Å². The first-order valence-corrected chi connectivity index (χ1v) is 7.37. The molecule has 1 aliphatic heterocycles. The monoisotopic (exact) mass is 248 g/mol. The van der Waals surface area contributed by atoms with Gasteiger partial charge in [-0.15, -0.1) is 0 Å². The minimum atomic E-state index is -2.99. The van der Waals surface area contributed by atoms with Gasteiger partial charge in [-0.1, -0.05) is 13.8 Å². The first kappa shape index (κ1) is 13.4. The number of nitrogens with two attached hydrogens (primary N) is 1. The first-order chi connectivity index (χ1) is 7.32. The third kappa shape index (κ3) is 3.75. The molecule has 1 amide bonds. The minimum Gasteiger partial charge on any atom is -0.354 e. The Bertz CT molecular complexity index is 351. The molecule has 0 bridgehead atoms. The lowest BCUT2D eigenvalue weighted by Crippen LogP contribution is -2.42. The van der Waals surface area contributed by atoms with E-state index in [-0.39, 0.29) is 29.4 Å². The van der Waals surface area contributed by atoms with Gasteiger partial charge < -0.3 is 11.1 Å². The molecule has 2 unspecified atom stereocenters. The molecule has 1 heterocycles. The molecule has 1 aliphatic rings. The van der Waals surface area contributed by atoms with Crippen LogP contribution in [0.25, 0.3) is 0 Å². The normalized spacial score (nSPS) is 25.6. The second-order valence-electron chi connectivity index (χ2n) is 4.75. The average molecular weight is 248 g/mol. The molecule has 3 N–H and O–H groups in total. The summed E-state index contributed by atoms with van der Waals surface area (Å²) in [6, 6.07) is -0.0815. The van der Waals surface area contributed by atoms with E-state index >= 15 is 0 Å². The molecule has 0 saturated carbocycles. The maximum atomic E-state index is 11.6. The fourth-order valence-corrected chi connectivity index (χ4v) is 3.34. The maximum Gasteiger partial charge on any atom is 0.224 e. The van der Waals surface area contributed by atoms with Gasteiger partial charge in [0.15, 0.2) is 9.84 Å². The van der Waals surface area contributed by atoms with E-state index in [1.54, 1.807) is 0 Å². The second-order valence-corrected chi connectivity index (χ2v) is 6.98. The Labute approximate surface area is 96.7 Å². The van der Waals surface area contributed by atoms with Crippen LogP contribution in [0.15, 0.2) is 0 Å². The Morgan fingerprint density at radius 3 is 2.56 bits per heavy atom. The SMILES string of the molecule is CC(C)C(N)CNC(=O)C1CCS(=O)(=O)C1. The van der Waals surface area contributed by atoms with E-state index < -0.39 is 9.84 Å². The van der Waals surface area contributed by atoms with Crippen LogP contribution >= 0.6 is 0 Å². The van der Waals surface area contributed by atoms with Gasteiger partial charge in [0, 0.05) is 12.6 Å². The summed E-state index contributed by atoms with van der Waals surface area (Å²) in [6.07, 6.45) is 0.436. The summed E-state index contributed by atoms with van der Waals surface area (Å²) in [5.41, 5.74) is 5.78. The number of carbonyl (C=O) groups is 1. The zero-order chi connectivity index (χ0) is 12.3. The predicted octanol–water partition coefficient (Wildman–Crippen LogP) is -0.479. The minimum absolute atomic E-state index is 0.0181. The average Bonchev–Trinajstić information content (AvgIpc) is 2.54. The van der Waals surface area contributed by atoms with Crippen LogP contribution < -0.4 is 11.1 Å². The number of amides is 1. The van der Waals surface area contributed by atoms with Gasteiger partial charge in [-0.3, -0.25) is 4.79 Å². The van der Waals surface area contributed by atoms with Crippen LogP contribution in [-0.2, 0) is 14.6 Å². The van der Waals surface area contributed by atoms with Gasteiger partial charge in [-0.25, -0.2) is 8.42 Å². The molecular weight excluding hydrogens is 228 g/mol. The fourth-order valence-electron chi connectivity index (χ4n) is 1.60. The van der Waals surface area contributed by atoms with Crippen molar-refractivity contribution in [2.24, 2.45) is 17.6 Å². The van der Waals surface area contributed by atoms with Crippen molar-refractivity contribution in [1.82, 2.24) is 5.32 Å². The number of sulfone groups is 1.